The van der Waals surface area contributed by atoms with Gasteiger partial charge in [0, 0.05) is 19.6 Å². The van der Waals surface area contributed by atoms with Crippen LogP contribution in [-0.4, -0.2) is 23.9 Å². The van der Waals surface area contributed by atoms with Crippen LogP contribution < -0.4 is 5.73 Å². The third-order valence-corrected chi connectivity index (χ3v) is 4.33. The average molecular weight is 268 g/mol. The van der Waals surface area contributed by atoms with E-state index in [1.165, 1.54) is 16.3 Å². The number of benzene rings is 2. The first-order valence-electron chi connectivity index (χ1n) is 7.13. The molecule has 0 saturated carbocycles. The Balaban J connectivity index is 1.82. The van der Waals surface area contributed by atoms with Gasteiger partial charge in [-0.25, -0.2) is 0 Å². The molecule has 1 fully saturated rings. The van der Waals surface area contributed by atoms with Crippen LogP contribution in [0.1, 0.15) is 12.5 Å². The molecule has 2 aromatic carbocycles. The minimum Gasteiger partial charge on any atom is -0.369 e. The Kier molecular flexibility index (Phi) is 3.45. The van der Waals surface area contributed by atoms with E-state index in [1.54, 1.807) is 0 Å². The van der Waals surface area contributed by atoms with Crippen LogP contribution in [0.3, 0.4) is 0 Å². The first kappa shape index (κ1) is 13.1. The number of hydrogen-bond donors (Lipinski definition) is 1. The number of primary amides is 1. The van der Waals surface area contributed by atoms with Crippen molar-refractivity contribution in [1.82, 2.24) is 4.90 Å². The van der Waals surface area contributed by atoms with Crippen molar-refractivity contribution < 1.29 is 4.79 Å². The molecule has 0 aliphatic carbocycles. The van der Waals surface area contributed by atoms with Gasteiger partial charge in [-0.1, -0.05) is 49.4 Å². The predicted octanol–water partition coefficient (Wildman–Crippen LogP) is 2.39. The maximum Gasteiger partial charge on any atom is 0.222 e. The molecule has 3 nitrogen and oxygen atoms in total. The summed E-state index contributed by atoms with van der Waals surface area (Å²) in [6.45, 7) is 4.71. The molecule has 2 atom stereocenters. The first-order valence-corrected chi connectivity index (χ1v) is 7.13. The van der Waals surface area contributed by atoms with Crippen molar-refractivity contribution >= 4 is 16.7 Å². The van der Waals surface area contributed by atoms with Crippen LogP contribution in [0.15, 0.2) is 42.5 Å². The van der Waals surface area contributed by atoms with E-state index < -0.39 is 0 Å². The lowest BCUT2D eigenvalue weighted by Gasteiger charge is -2.17. The van der Waals surface area contributed by atoms with Crippen molar-refractivity contribution in [3.63, 3.8) is 0 Å². The van der Waals surface area contributed by atoms with Crippen LogP contribution in [0.2, 0.25) is 0 Å². The van der Waals surface area contributed by atoms with E-state index in [-0.39, 0.29) is 11.8 Å². The highest BCUT2D eigenvalue weighted by atomic mass is 16.1. The number of nitrogens with two attached hydrogens (primary N) is 1. The molecule has 3 rings (SSSR count). The van der Waals surface area contributed by atoms with Gasteiger partial charge in [0.05, 0.1) is 5.92 Å². The second kappa shape index (κ2) is 5.25. The minimum atomic E-state index is -0.169. The van der Waals surface area contributed by atoms with Crippen molar-refractivity contribution in [2.45, 2.75) is 13.5 Å². The van der Waals surface area contributed by atoms with E-state index >= 15 is 0 Å². The molecule has 1 amide bonds. The zero-order valence-corrected chi connectivity index (χ0v) is 11.8. The smallest absolute Gasteiger partial charge is 0.222 e. The van der Waals surface area contributed by atoms with Gasteiger partial charge in [-0.15, -0.1) is 0 Å². The Hall–Kier alpha value is -1.87. The molecule has 3 heteroatoms. The third kappa shape index (κ3) is 2.41. The van der Waals surface area contributed by atoms with Gasteiger partial charge in [-0.3, -0.25) is 9.69 Å². The standard InChI is InChI=1S/C17H20N2O/c1-12-9-19(11-16(12)17(18)20)10-14-7-4-6-13-5-2-3-8-15(13)14/h2-8,12,16H,9-11H2,1H3,(H2,18,20)/t12-,16-/m1/s1. The Morgan fingerprint density at radius 1 is 1.20 bits per heavy atom. The normalized spacial score (nSPS) is 23.2. The van der Waals surface area contributed by atoms with E-state index in [1.807, 2.05) is 0 Å². The minimum absolute atomic E-state index is 0.00928. The van der Waals surface area contributed by atoms with Gasteiger partial charge in [0.15, 0.2) is 0 Å². The maximum atomic E-state index is 11.4. The molecule has 0 unspecified atom stereocenters. The average Bonchev–Trinajstić information content (AvgIpc) is 2.80. The quantitative estimate of drug-likeness (QED) is 0.929. The summed E-state index contributed by atoms with van der Waals surface area (Å²) in [6.07, 6.45) is 0. The van der Waals surface area contributed by atoms with Gasteiger partial charge in [0.1, 0.15) is 0 Å². The number of hydrogen-bond acceptors (Lipinski definition) is 2. The summed E-state index contributed by atoms with van der Waals surface area (Å²) in [4.78, 5) is 13.8. The number of fused-ring (bicyclic) bond motifs is 1. The van der Waals surface area contributed by atoms with E-state index in [9.17, 15) is 4.79 Å². The molecule has 1 saturated heterocycles. The van der Waals surface area contributed by atoms with E-state index in [2.05, 4.69) is 54.3 Å². The van der Waals surface area contributed by atoms with Gasteiger partial charge >= 0.3 is 0 Å². The molecule has 0 spiro atoms. The van der Waals surface area contributed by atoms with Crippen molar-refractivity contribution in [3.8, 4) is 0 Å². The molecule has 2 N–H and O–H groups in total. The predicted molar refractivity (Wildman–Crippen MR) is 81.1 cm³/mol. The summed E-state index contributed by atoms with van der Waals surface area (Å²) in [6, 6.07) is 14.8. The highest BCUT2D eigenvalue weighted by Gasteiger charge is 2.33. The Morgan fingerprint density at radius 2 is 1.95 bits per heavy atom. The van der Waals surface area contributed by atoms with Crippen molar-refractivity contribution in [2.24, 2.45) is 17.6 Å². The Labute approximate surface area is 119 Å². The van der Waals surface area contributed by atoms with Crippen molar-refractivity contribution in [3.05, 3.63) is 48.0 Å². The van der Waals surface area contributed by atoms with Crippen LogP contribution in [0.4, 0.5) is 0 Å². The molecule has 0 radical (unpaired) electrons. The van der Waals surface area contributed by atoms with Crippen LogP contribution in [0.25, 0.3) is 10.8 Å². The SMILES string of the molecule is C[C@@H]1CN(Cc2cccc3ccccc23)C[C@H]1C(N)=O. The van der Waals surface area contributed by atoms with Gasteiger partial charge in [0.2, 0.25) is 5.91 Å². The topological polar surface area (TPSA) is 46.3 Å². The van der Waals surface area contributed by atoms with Gasteiger partial charge < -0.3 is 5.73 Å². The molecule has 0 aromatic heterocycles. The van der Waals surface area contributed by atoms with E-state index in [0.717, 1.165) is 19.6 Å². The van der Waals surface area contributed by atoms with Crippen LogP contribution in [0, 0.1) is 11.8 Å². The zero-order valence-electron chi connectivity index (χ0n) is 11.8. The molecule has 104 valence electrons. The molecule has 1 aliphatic heterocycles. The third-order valence-electron chi connectivity index (χ3n) is 4.33. The number of carbonyl (C=O) groups is 1. The lowest BCUT2D eigenvalue weighted by atomic mass is 9.98. The van der Waals surface area contributed by atoms with E-state index in [4.69, 9.17) is 5.73 Å². The van der Waals surface area contributed by atoms with Crippen LogP contribution >= 0.6 is 0 Å². The van der Waals surface area contributed by atoms with Crippen molar-refractivity contribution in [2.75, 3.05) is 13.1 Å². The monoisotopic (exact) mass is 268 g/mol. The summed E-state index contributed by atoms with van der Waals surface area (Å²) in [5.41, 5.74) is 6.79. The van der Waals surface area contributed by atoms with Crippen molar-refractivity contribution in [1.29, 1.82) is 0 Å². The summed E-state index contributed by atoms with van der Waals surface area (Å²) < 4.78 is 0. The number of rotatable bonds is 3. The molecule has 1 aliphatic rings. The zero-order chi connectivity index (χ0) is 14.1. The molecular weight excluding hydrogens is 248 g/mol. The highest BCUT2D eigenvalue weighted by Crippen LogP contribution is 2.26. The summed E-state index contributed by atoms with van der Waals surface area (Å²) >= 11 is 0. The first-order chi connectivity index (χ1) is 9.65. The summed E-state index contributed by atoms with van der Waals surface area (Å²) in [5.74, 6) is 0.172. The summed E-state index contributed by atoms with van der Waals surface area (Å²) in [7, 11) is 0. The highest BCUT2D eigenvalue weighted by molar-refractivity contribution is 5.85. The molecular formula is C17H20N2O. The lowest BCUT2D eigenvalue weighted by molar-refractivity contribution is -0.122. The fourth-order valence-corrected chi connectivity index (χ4v) is 3.24. The number of nitrogens with zero attached hydrogens (tertiary/aromatic N) is 1. The number of likely N-dealkylation sites (tertiary alicyclic amines) is 1. The number of carbonyl (C=O) groups excluding carboxylic acids is 1. The van der Waals surface area contributed by atoms with Gasteiger partial charge in [0.25, 0.3) is 0 Å². The molecule has 0 bridgehead atoms. The van der Waals surface area contributed by atoms with Crippen LogP contribution in [-0.2, 0) is 11.3 Å². The Morgan fingerprint density at radius 3 is 2.70 bits per heavy atom. The van der Waals surface area contributed by atoms with Gasteiger partial charge in [-0.05, 0) is 22.3 Å². The summed E-state index contributed by atoms with van der Waals surface area (Å²) in [5, 5.41) is 2.56. The molecule has 1 heterocycles. The second-order valence-corrected chi connectivity index (χ2v) is 5.82. The van der Waals surface area contributed by atoms with E-state index in [0.29, 0.717) is 5.92 Å². The maximum absolute atomic E-state index is 11.4. The molecule has 20 heavy (non-hydrogen) atoms. The van der Waals surface area contributed by atoms with Crippen LogP contribution in [0.5, 0.6) is 0 Å². The largest absolute Gasteiger partial charge is 0.369 e. The van der Waals surface area contributed by atoms with Gasteiger partial charge in [-0.2, -0.15) is 0 Å². The molecule has 2 aromatic rings. The fourth-order valence-electron chi connectivity index (χ4n) is 3.24. The Bertz CT molecular complexity index is 632. The second-order valence-electron chi connectivity index (χ2n) is 5.82. The fraction of sp³-hybridized carbons (Fsp3) is 0.353. The number of amides is 1. The lowest BCUT2D eigenvalue weighted by Crippen LogP contribution is -2.29.